The predicted octanol–water partition coefficient (Wildman–Crippen LogP) is 5.23. The Balaban J connectivity index is 4.45. The summed E-state index contributed by atoms with van der Waals surface area (Å²) in [6.07, 6.45) is 6.74. The quantitative estimate of drug-likeness (QED) is 0.480. The molecule has 0 saturated heterocycles. The van der Waals surface area contributed by atoms with Crippen LogP contribution in [0.1, 0.15) is 40.5 Å². The smallest absolute Gasteiger partial charge is 0.0514 e. The largest absolute Gasteiger partial charge is 0.0847 e. The number of hydrogen-bond donors (Lipinski definition) is 0. The molecule has 0 aliphatic heterocycles. The van der Waals surface area contributed by atoms with E-state index in [1.54, 1.807) is 0 Å². The topological polar surface area (TPSA) is 0 Å². The van der Waals surface area contributed by atoms with Gasteiger partial charge in [0.05, 0.1) is 9.65 Å². The van der Waals surface area contributed by atoms with Crippen molar-refractivity contribution in [3.05, 3.63) is 23.3 Å². The molecule has 0 bridgehead atoms. The lowest BCUT2D eigenvalue weighted by atomic mass is 10.1. The zero-order valence-electron chi connectivity index (χ0n) is 9.48. The molecule has 0 aromatic heterocycles. The number of rotatable bonds is 5. The fourth-order valence-corrected chi connectivity index (χ4v) is 2.54. The highest BCUT2D eigenvalue weighted by atomic mass is 79.9. The van der Waals surface area contributed by atoms with E-state index >= 15 is 0 Å². The summed E-state index contributed by atoms with van der Waals surface area (Å²) in [6, 6.07) is 0. The van der Waals surface area contributed by atoms with E-state index in [4.69, 9.17) is 0 Å². The van der Waals surface area contributed by atoms with Crippen molar-refractivity contribution in [1.29, 1.82) is 0 Å². The Morgan fingerprint density at radius 2 is 1.21 bits per heavy atom. The van der Waals surface area contributed by atoms with Crippen molar-refractivity contribution in [2.45, 2.75) is 50.2 Å². The van der Waals surface area contributed by atoms with E-state index in [1.807, 2.05) is 0 Å². The van der Waals surface area contributed by atoms with E-state index in [-0.39, 0.29) is 0 Å². The van der Waals surface area contributed by atoms with Gasteiger partial charge in [0.1, 0.15) is 0 Å². The van der Waals surface area contributed by atoms with Crippen LogP contribution in [0.25, 0.3) is 0 Å². The molecule has 0 rings (SSSR count). The molecule has 2 heteroatoms. The van der Waals surface area contributed by atoms with Gasteiger partial charge in [-0.2, -0.15) is 0 Å². The minimum atomic E-state index is 0.408. The maximum Gasteiger partial charge on any atom is 0.0514 e. The van der Waals surface area contributed by atoms with Crippen molar-refractivity contribution in [1.82, 2.24) is 0 Å². The Bertz CT molecular complexity index is 192. The maximum atomic E-state index is 3.72. The van der Waals surface area contributed by atoms with Crippen molar-refractivity contribution in [3.63, 3.8) is 0 Å². The van der Waals surface area contributed by atoms with Crippen LogP contribution in [-0.4, -0.2) is 9.65 Å². The van der Waals surface area contributed by atoms with Crippen molar-refractivity contribution in [2.24, 2.45) is 0 Å². The zero-order chi connectivity index (χ0) is 11.1. The Morgan fingerprint density at radius 3 is 1.43 bits per heavy atom. The molecule has 0 amide bonds. The molecule has 0 fully saturated rings. The van der Waals surface area contributed by atoms with Crippen molar-refractivity contribution < 1.29 is 0 Å². The van der Waals surface area contributed by atoms with Gasteiger partial charge < -0.3 is 0 Å². The van der Waals surface area contributed by atoms with Crippen LogP contribution in [0.3, 0.4) is 0 Å². The molecule has 0 aliphatic carbocycles. The number of hydrogen-bond acceptors (Lipinski definition) is 0. The molecule has 0 spiro atoms. The maximum absolute atomic E-state index is 3.72. The monoisotopic (exact) mass is 322 g/mol. The molecule has 0 saturated carbocycles. The minimum Gasteiger partial charge on any atom is -0.0847 e. The molecule has 2 unspecified atom stereocenters. The third kappa shape index (κ3) is 4.79. The fraction of sp³-hybridized carbons (Fsp3) is 0.667. The van der Waals surface area contributed by atoms with Gasteiger partial charge in [-0.05, 0) is 26.7 Å². The summed E-state index contributed by atoms with van der Waals surface area (Å²) < 4.78 is 0. The van der Waals surface area contributed by atoms with E-state index in [9.17, 15) is 0 Å². The van der Waals surface area contributed by atoms with Gasteiger partial charge >= 0.3 is 0 Å². The van der Waals surface area contributed by atoms with Crippen LogP contribution < -0.4 is 0 Å². The van der Waals surface area contributed by atoms with Gasteiger partial charge in [0.15, 0.2) is 0 Å². The Hall–Kier alpha value is 0.440. The average Bonchev–Trinajstić information content (AvgIpc) is 2.16. The van der Waals surface area contributed by atoms with E-state index < -0.39 is 0 Å². The molecule has 82 valence electrons. The van der Waals surface area contributed by atoms with Gasteiger partial charge in [-0.15, -0.1) is 0 Å². The van der Waals surface area contributed by atoms with Crippen molar-refractivity contribution in [2.75, 3.05) is 0 Å². The molecular formula is C12H20Br2. The van der Waals surface area contributed by atoms with Gasteiger partial charge in [-0.25, -0.2) is 0 Å². The first-order chi connectivity index (χ1) is 6.54. The number of allylic oxidation sites excluding steroid dienone is 4. The lowest BCUT2D eigenvalue weighted by Gasteiger charge is -2.18. The Kier molecular flexibility index (Phi) is 7.94. The molecule has 0 nitrogen and oxygen atoms in total. The van der Waals surface area contributed by atoms with Crippen molar-refractivity contribution >= 4 is 31.9 Å². The third-order valence-electron chi connectivity index (χ3n) is 2.18. The van der Waals surface area contributed by atoms with Crippen LogP contribution in [-0.2, 0) is 0 Å². The second-order valence-corrected chi connectivity index (χ2v) is 5.49. The van der Waals surface area contributed by atoms with Crippen molar-refractivity contribution in [3.8, 4) is 0 Å². The van der Waals surface area contributed by atoms with Gasteiger partial charge in [-0.3, -0.25) is 0 Å². The van der Waals surface area contributed by atoms with Gasteiger partial charge in [0.2, 0.25) is 0 Å². The first kappa shape index (κ1) is 14.4. The van der Waals surface area contributed by atoms with Gasteiger partial charge in [-0.1, -0.05) is 69.0 Å². The summed E-state index contributed by atoms with van der Waals surface area (Å²) in [4.78, 5) is 0.815. The lowest BCUT2D eigenvalue weighted by Crippen LogP contribution is -2.16. The molecular weight excluding hydrogens is 304 g/mol. The van der Waals surface area contributed by atoms with E-state index in [0.29, 0.717) is 9.65 Å². The summed E-state index contributed by atoms with van der Waals surface area (Å²) in [5.74, 6) is 0. The van der Waals surface area contributed by atoms with Crippen LogP contribution in [0.4, 0.5) is 0 Å². The summed E-state index contributed by atoms with van der Waals surface area (Å²) in [7, 11) is 0. The molecule has 2 atom stereocenters. The molecule has 14 heavy (non-hydrogen) atoms. The third-order valence-corrected chi connectivity index (χ3v) is 5.39. The lowest BCUT2D eigenvalue weighted by molar-refractivity contribution is 0.963. The summed E-state index contributed by atoms with van der Waals surface area (Å²) in [5.41, 5.74) is 2.80. The van der Waals surface area contributed by atoms with E-state index in [0.717, 1.165) is 12.8 Å². The zero-order valence-corrected chi connectivity index (χ0v) is 12.7. The van der Waals surface area contributed by atoms with E-state index in [1.165, 1.54) is 11.1 Å². The molecule has 0 aliphatic rings. The van der Waals surface area contributed by atoms with Crippen LogP contribution >= 0.6 is 31.9 Å². The molecule has 0 heterocycles. The summed E-state index contributed by atoms with van der Waals surface area (Å²) in [6.45, 7) is 8.69. The summed E-state index contributed by atoms with van der Waals surface area (Å²) >= 11 is 7.45. The second-order valence-electron chi connectivity index (χ2n) is 3.52. The van der Waals surface area contributed by atoms with Crippen LogP contribution in [0.2, 0.25) is 0 Å². The van der Waals surface area contributed by atoms with Gasteiger partial charge in [0, 0.05) is 0 Å². The summed E-state index contributed by atoms with van der Waals surface area (Å²) in [5, 5.41) is 0. The Morgan fingerprint density at radius 1 is 0.929 bits per heavy atom. The standard InChI is InChI=1S/C12H20Br2/c1-5-7-9(3)11(13)12(14)10(4)8-6-2/h7-8,11-12H,5-6H2,1-4H3/b9-7+,10-8+. The molecule has 0 radical (unpaired) electrons. The predicted molar refractivity (Wildman–Crippen MR) is 73.5 cm³/mol. The highest BCUT2D eigenvalue weighted by Gasteiger charge is 2.18. The minimum absolute atomic E-state index is 0.408. The van der Waals surface area contributed by atoms with Crippen LogP contribution in [0.5, 0.6) is 0 Å². The SMILES string of the molecule is CC/C=C(\C)C(Br)C(Br)/C(C)=C/CC. The van der Waals surface area contributed by atoms with Crippen LogP contribution in [0.15, 0.2) is 23.3 Å². The number of alkyl halides is 2. The fourth-order valence-electron chi connectivity index (χ4n) is 1.33. The van der Waals surface area contributed by atoms with Gasteiger partial charge in [0.25, 0.3) is 0 Å². The highest BCUT2D eigenvalue weighted by Crippen LogP contribution is 2.27. The first-order valence-electron chi connectivity index (χ1n) is 5.16. The van der Waals surface area contributed by atoms with E-state index in [2.05, 4.69) is 71.7 Å². The molecule has 0 aromatic carbocycles. The molecule has 0 aromatic rings. The normalized spacial score (nSPS) is 18.1. The Labute approximate surface area is 105 Å². The molecule has 0 N–H and O–H groups in total. The second kappa shape index (κ2) is 7.70. The number of halogens is 2. The first-order valence-corrected chi connectivity index (χ1v) is 6.99. The highest BCUT2D eigenvalue weighted by molar-refractivity contribution is 9.12. The van der Waals surface area contributed by atoms with Crippen LogP contribution in [0, 0.1) is 0 Å². The average molecular weight is 324 g/mol.